The summed E-state index contributed by atoms with van der Waals surface area (Å²) in [6.45, 7) is 4.58. The molecule has 0 aromatic carbocycles. The smallest absolute Gasteiger partial charge is 0.0392 e. The van der Waals surface area contributed by atoms with Crippen molar-refractivity contribution in [3.63, 3.8) is 0 Å². The van der Waals surface area contributed by atoms with Crippen molar-refractivity contribution in [1.29, 1.82) is 0 Å². The molecule has 2 N–H and O–H groups in total. The van der Waals surface area contributed by atoms with E-state index in [0.29, 0.717) is 0 Å². The van der Waals surface area contributed by atoms with Gasteiger partial charge in [-0.05, 0) is 36.1 Å². The van der Waals surface area contributed by atoms with Gasteiger partial charge < -0.3 is 5.73 Å². The Labute approximate surface area is 126 Å². The highest BCUT2D eigenvalue weighted by molar-refractivity contribution is 7.98. The Hall–Kier alpha value is 0.01000. The van der Waals surface area contributed by atoms with E-state index in [1.54, 1.807) is 10.4 Å². The van der Waals surface area contributed by atoms with E-state index in [0.717, 1.165) is 5.92 Å². The van der Waals surface area contributed by atoms with E-state index in [1.807, 2.05) is 11.3 Å². The summed E-state index contributed by atoms with van der Waals surface area (Å²) in [6.07, 6.45) is 7.70. The zero-order chi connectivity index (χ0) is 13.7. The highest BCUT2D eigenvalue weighted by Gasteiger charge is 2.19. The van der Waals surface area contributed by atoms with Gasteiger partial charge in [-0.15, -0.1) is 11.3 Å². The van der Waals surface area contributed by atoms with E-state index in [9.17, 15) is 0 Å². The van der Waals surface area contributed by atoms with Crippen LogP contribution in [0.25, 0.3) is 0 Å². The zero-order valence-electron chi connectivity index (χ0n) is 12.3. The number of hydrogen-bond donors (Lipinski definition) is 1. The highest BCUT2D eigenvalue weighted by Crippen LogP contribution is 2.36. The molecule has 0 saturated carbocycles. The van der Waals surface area contributed by atoms with Crippen LogP contribution in [0.4, 0.5) is 0 Å². The SMILES string of the molecule is CCCCC(CC)CC(N)c1cc2c(s1)CCSC2. The quantitative estimate of drug-likeness (QED) is 0.753. The number of aryl methyl sites for hydroxylation is 1. The second kappa shape index (κ2) is 7.70. The van der Waals surface area contributed by atoms with Gasteiger partial charge in [-0.25, -0.2) is 0 Å². The molecule has 2 unspecified atom stereocenters. The third kappa shape index (κ3) is 4.24. The lowest BCUT2D eigenvalue weighted by atomic mass is 9.92. The molecule has 0 fully saturated rings. The minimum Gasteiger partial charge on any atom is -0.323 e. The largest absolute Gasteiger partial charge is 0.323 e. The number of hydrogen-bond acceptors (Lipinski definition) is 3. The Morgan fingerprint density at radius 3 is 2.89 bits per heavy atom. The van der Waals surface area contributed by atoms with Gasteiger partial charge in [0, 0.05) is 21.5 Å². The fourth-order valence-electron chi connectivity index (χ4n) is 2.81. The summed E-state index contributed by atoms with van der Waals surface area (Å²) in [5.41, 5.74) is 8.02. The minimum absolute atomic E-state index is 0.266. The maximum atomic E-state index is 6.46. The monoisotopic (exact) mass is 297 g/mol. The minimum atomic E-state index is 0.266. The topological polar surface area (TPSA) is 26.0 Å². The molecule has 0 radical (unpaired) electrons. The average molecular weight is 298 g/mol. The van der Waals surface area contributed by atoms with Crippen molar-refractivity contribution in [1.82, 2.24) is 0 Å². The van der Waals surface area contributed by atoms with Crippen LogP contribution in [0.5, 0.6) is 0 Å². The molecule has 0 spiro atoms. The first-order valence-electron chi connectivity index (χ1n) is 7.69. The van der Waals surface area contributed by atoms with Crippen molar-refractivity contribution in [2.24, 2.45) is 11.7 Å². The number of unbranched alkanes of at least 4 members (excludes halogenated alkanes) is 1. The second-order valence-corrected chi connectivity index (χ2v) is 7.93. The Morgan fingerprint density at radius 1 is 1.37 bits per heavy atom. The highest BCUT2D eigenvalue weighted by atomic mass is 32.2. The second-order valence-electron chi connectivity index (χ2n) is 5.66. The molecule has 0 amide bonds. The molecule has 19 heavy (non-hydrogen) atoms. The van der Waals surface area contributed by atoms with E-state index >= 15 is 0 Å². The van der Waals surface area contributed by atoms with Crippen LogP contribution in [0.1, 0.15) is 67.3 Å². The van der Waals surface area contributed by atoms with Crippen LogP contribution in [0.15, 0.2) is 6.07 Å². The standard InChI is InChI=1S/C16H27NS2/c1-3-5-6-12(4-2)9-14(17)16-10-13-11-18-8-7-15(13)19-16/h10,12,14H,3-9,11,17H2,1-2H3. The predicted molar refractivity (Wildman–Crippen MR) is 89.0 cm³/mol. The Balaban J connectivity index is 1.94. The van der Waals surface area contributed by atoms with Crippen LogP contribution in [-0.4, -0.2) is 5.75 Å². The molecular formula is C16H27NS2. The fourth-order valence-corrected chi connectivity index (χ4v) is 5.20. The summed E-state index contributed by atoms with van der Waals surface area (Å²) < 4.78 is 0. The lowest BCUT2D eigenvalue weighted by Gasteiger charge is -2.18. The normalized spacial score (nSPS) is 18.1. The average Bonchev–Trinajstić information content (AvgIpc) is 2.87. The van der Waals surface area contributed by atoms with E-state index in [1.165, 1.54) is 54.9 Å². The molecule has 0 saturated heterocycles. The molecule has 2 rings (SSSR count). The molecule has 2 heterocycles. The summed E-state index contributed by atoms with van der Waals surface area (Å²) in [6, 6.07) is 2.66. The Kier molecular flexibility index (Phi) is 6.24. The van der Waals surface area contributed by atoms with Gasteiger partial charge >= 0.3 is 0 Å². The van der Waals surface area contributed by atoms with Gasteiger partial charge in [0.25, 0.3) is 0 Å². The molecule has 1 nitrogen and oxygen atoms in total. The first-order valence-corrected chi connectivity index (χ1v) is 9.66. The summed E-state index contributed by atoms with van der Waals surface area (Å²) in [7, 11) is 0. The number of thiophene rings is 1. The molecule has 0 bridgehead atoms. The molecule has 0 aliphatic carbocycles. The molecule has 108 valence electrons. The van der Waals surface area contributed by atoms with Gasteiger partial charge in [0.1, 0.15) is 0 Å². The number of fused-ring (bicyclic) bond motifs is 1. The van der Waals surface area contributed by atoms with Gasteiger partial charge in [-0.2, -0.15) is 11.8 Å². The van der Waals surface area contributed by atoms with Gasteiger partial charge in [0.2, 0.25) is 0 Å². The van der Waals surface area contributed by atoms with E-state index in [2.05, 4.69) is 31.7 Å². The van der Waals surface area contributed by atoms with Crippen LogP contribution in [0.3, 0.4) is 0 Å². The lowest BCUT2D eigenvalue weighted by molar-refractivity contribution is 0.390. The molecule has 1 aliphatic heterocycles. The molecule has 3 heteroatoms. The molecule has 1 aliphatic rings. The Bertz CT molecular complexity index is 363. The third-order valence-corrected chi connectivity index (χ3v) is 6.52. The summed E-state index contributed by atoms with van der Waals surface area (Å²) in [4.78, 5) is 3.04. The van der Waals surface area contributed by atoms with Crippen molar-refractivity contribution >= 4 is 23.1 Å². The van der Waals surface area contributed by atoms with Crippen LogP contribution in [0, 0.1) is 5.92 Å². The maximum absolute atomic E-state index is 6.46. The van der Waals surface area contributed by atoms with Gasteiger partial charge in [0.05, 0.1) is 0 Å². The Morgan fingerprint density at radius 2 is 2.21 bits per heavy atom. The third-order valence-electron chi connectivity index (χ3n) is 4.14. The van der Waals surface area contributed by atoms with Crippen LogP contribution in [-0.2, 0) is 12.2 Å². The van der Waals surface area contributed by atoms with Crippen molar-refractivity contribution in [3.05, 3.63) is 21.4 Å². The first-order chi connectivity index (χ1) is 9.24. The summed E-state index contributed by atoms with van der Waals surface area (Å²) in [5.74, 6) is 3.30. The number of thioether (sulfide) groups is 1. The van der Waals surface area contributed by atoms with E-state index in [-0.39, 0.29) is 6.04 Å². The van der Waals surface area contributed by atoms with Crippen LogP contribution < -0.4 is 5.73 Å². The summed E-state index contributed by atoms with van der Waals surface area (Å²) >= 11 is 4.04. The predicted octanol–water partition coefficient (Wildman–Crippen LogP) is 5.14. The van der Waals surface area contributed by atoms with Gasteiger partial charge in [0.15, 0.2) is 0 Å². The zero-order valence-corrected chi connectivity index (χ0v) is 13.9. The van der Waals surface area contributed by atoms with Crippen molar-refractivity contribution in [2.75, 3.05) is 5.75 Å². The van der Waals surface area contributed by atoms with Crippen molar-refractivity contribution in [3.8, 4) is 0 Å². The van der Waals surface area contributed by atoms with E-state index < -0.39 is 0 Å². The molecule has 1 aromatic heterocycles. The molecule has 1 aromatic rings. The van der Waals surface area contributed by atoms with E-state index in [4.69, 9.17) is 5.73 Å². The lowest BCUT2D eigenvalue weighted by Crippen LogP contribution is -2.14. The van der Waals surface area contributed by atoms with Gasteiger partial charge in [-0.3, -0.25) is 0 Å². The van der Waals surface area contributed by atoms with Crippen LogP contribution in [0.2, 0.25) is 0 Å². The van der Waals surface area contributed by atoms with Gasteiger partial charge in [-0.1, -0.05) is 39.5 Å². The molecular weight excluding hydrogens is 270 g/mol. The van der Waals surface area contributed by atoms with Crippen molar-refractivity contribution < 1.29 is 0 Å². The first kappa shape index (κ1) is 15.4. The number of rotatable bonds is 7. The fraction of sp³-hybridized carbons (Fsp3) is 0.750. The number of nitrogens with two attached hydrogens (primary N) is 1. The van der Waals surface area contributed by atoms with Crippen LogP contribution >= 0.6 is 23.1 Å². The maximum Gasteiger partial charge on any atom is 0.0392 e. The summed E-state index contributed by atoms with van der Waals surface area (Å²) in [5, 5.41) is 0. The molecule has 2 atom stereocenters. The van der Waals surface area contributed by atoms with Crippen molar-refractivity contribution in [2.45, 2.75) is 64.2 Å².